The minimum atomic E-state index is -4.80. The summed E-state index contributed by atoms with van der Waals surface area (Å²) < 4.78 is 68.6. The lowest BCUT2D eigenvalue weighted by atomic mass is 10.1. The number of aromatic nitrogens is 3. The number of benzene rings is 3. The molecule has 1 aliphatic heterocycles. The number of rotatable bonds is 10. The Hall–Kier alpha value is -4.92. The van der Waals surface area contributed by atoms with Gasteiger partial charge in [-0.15, -0.1) is 18.3 Å². The second-order valence-electron chi connectivity index (χ2n) is 10.4. The highest BCUT2D eigenvalue weighted by atomic mass is 32.2. The van der Waals surface area contributed by atoms with Crippen LogP contribution in [0.25, 0.3) is 17.1 Å². The normalized spacial score (nSPS) is 15.5. The summed E-state index contributed by atoms with van der Waals surface area (Å²) in [6.07, 6.45) is -5.47. The molecule has 1 fully saturated rings. The Labute approximate surface area is 271 Å². The van der Waals surface area contributed by atoms with Crippen molar-refractivity contribution in [2.75, 3.05) is 17.3 Å². The Morgan fingerprint density at radius 3 is 2.49 bits per heavy atom. The lowest BCUT2D eigenvalue weighted by molar-refractivity contribution is -0.274. The summed E-state index contributed by atoms with van der Waals surface area (Å²) in [6, 6.07) is 16.7. The summed E-state index contributed by atoms with van der Waals surface area (Å²) in [4.78, 5) is 34.9. The number of amides is 2. The summed E-state index contributed by atoms with van der Waals surface area (Å²) in [6.45, 7) is 5.15. The molecule has 47 heavy (non-hydrogen) atoms. The Kier molecular flexibility index (Phi) is 10.1. The van der Waals surface area contributed by atoms with Gasteiger partial charge in [0.15, 0.2) is 17.2 Å². The predicted octanol–water partition coefficient (Wildman–Crippen LogP) is 7.60. The first-order valence-corrected chi connectivity index (χ1v) is 15.4. The third kappa shape index (κ3) is 8.47. The molecule has 4 aromatic rings. The van der Waals surface area contributed by atoms with E-state index < -0.39 is 25.2 Å². The lowest BCUT2D eigenvalue weighted by Gasteiger charge is -2.22. The number of hydrogen-bond acceptors (Lipinski definition) is 8. The molecule has 1 saturated heterocycles. The molecule has 1 aromatic heterocycles. The van der Waals surface area contributed by atoms with Crippen molar-refractivity contribution >= 4 is 34.6 Å². The van der Waals surface area contributed by atoms with Crippen molar-refractivity contribution in [3.05, 3.63) is 84.2 Å². The van der Waals surface area contributed by atoms with Crippen LogP contribution in [0.1, 0.15) is 37.6 Å². The molecule has 2 atom stereocenters. The van der Waals surface area contributed by atoms with Crippen LogP contribution in [0, 0.1) is 6.92 Å². The van der Waals surface area contributed by atoms with E-state index in [-0.39, 0.29) is 34.2 Å². The maximum Gasteiger partial charge on any atom is 0.573 e. The number of aliphatic imine (C=N–C) groups is 1. The maximum absolute atomic E-state index is 15.0. The van der Waals surface area contributed by atoms with Crippen LogP contribution >= 0.6 is 11.8 Å². The first-order chi connectivity index (χ1) is 22.4. The molecule has 1 aliphatic rings. The Morgan fingerprint density at radius 2 is 1.81 bits per heavy atom. The van der Waals surface area contributed by atoms with Crippen LogP contribution in [-0.4, -0.2) is 56.8 Å². The fourth-order valence-electron chi connectivity index (χ4n) is 4.40. The molecule has 10 nitrogen and oxygen atoms in total. The molecule has 0 N–H and O–H groups in total. The number of alkyl halides is 4. The van der Waals surface area contributed by atoms with Crippen LogP contribution in [0.4, 0.5) is 28.0 Å². The van der Waals surface area contributed by atoms with Gasteiger partial charge in [-0.25, -0.2) is 18.9 Å². The van der Waals surface area contributed by atoms with Crippen molar-refractivity contribution in [2.45, 2.75) is 45.8 Å². The van der Waals surface area contributed by atoms with Gasteiger partial charge in [0.05, 0.1) is 23.2 Å². The average Bonchev–Trinajstić information content (AvgIpc) is 3.67. The van der Waals surface area contributed by atoms with Crippen molar-refractivity contribution in [2.24, 2.45) is 4.99 Å². The van der Waals surface area contributed by atoms with E-state index in [1.165, 1.54) is 40.2 Å². The number of anilines is 1. The highest BCUT2D eigenvalue weighted by Crippen LogP contribution is 2.36. The van der Waals surface area contributed by atoms with Crippen molar-refractivity contribution in [3.8, 4) is 28.6 Å². The minimum absolute atomic E-state index is 0.0667. The Morgan fingerprint density at radius 1 is 1.09 bits per heavy atom. The molecule has 5 rings (SSSR count). The first kappa shape index (κ1) is 33.4. The van der Waals surface area contributed by atoms with Gasteiger partial charge < -0.3 is 14.2 Å². The summed E-state index contributed by atoms with van der Waals surface area (Å²) >= 11 is 1.07. The van der Waals surface area contributed by atoms with Crippen molar-refractivity contribution in [1.82, 2.24) is 14.8 Å². The van der Waals surface area contributed by atoms with Crippen LogP contribution in [0.5, 0.6) is 11.5 Å². The minimum Gasteiger partial charge on any atom is -0.489 e. The molecule has 0 saturated carbocycles. The van der Waals surface area contributed by atoms with Gasteiger partial charge in [0.1, 0.15) is 24.4 Å². The molecule has 246 valence electrons. The molecule has 0 aliphatic carbocycles. The molecule has 0 bridgehead atoms. The summed E-state index contributed by atoms with van der Waals surface area (Å²) in [5.41, 5.74) is 2.57. The van der Waals surface area contributed by atoms with Gasteiger partial charge in [-0.05, 0) is 67.8 Å². The predicted molar refractivity (Wildman–Crippen MR) is 168 cm³/mol. The highest BCUT2D eigenvalue weighted by molar-refractivity contribution is 8.15. The number of carbonyl (C=O) groups excluding carboxylic acids is 2. The molecule has 15 heteroatoms. The van der Waals surface area contributed by atoms with E-state index in [9.17, 15) is 22.8 Å². The zero-order chi connectivity index (χ0) is 33.7. The molecule has 2 amide bonds. The van der Waals surface area contributed by atoms with E-state index in [4.69, 9.17) is 9.47 Å². The second-order valence-corrected chi connectivity index (χ2v) is 11.4. The number of carbonyl (C=O) groups is 2. The van der Waals surface area contributed by atoms with E-state index in [0.717, 1.165) is 35.9 Å². The summed E-state index contributed by atoms with van der Waals surface area (Å²) in [7, 11) is 0. The first-order valence-electron chi connectivity index (χ1n) is 14.4. The van der Waals surface area contributed by atoms with E-state index in [0.29, 0.717) is 28.5 Å². The fourth-order valence-corrected chi connectivity index (χ4v) is 5.25. The number of halogens is 4. The van der Waals surface area contributed by atoms with Gasteiger partial charge in [0.2, 0.25) is 5.91 Å². The van der Waals surface area contributed by atoms with E-state index in [2.05, 4.69) is 19.8 Å². The van der Waals surface area contributed by atoms with Crippen molar-refractivity contribution < 1.29 is 41.4 Å². The van der Waals surface area contributed by atoms with Crippen molar-refractivity contribution in [3.63, 3.8) is 0 Å². The van der Waals surface area contributed by atoms with Gasteiger partial charge in [-0.3, -0.25) is 9.69 Å². The number of aryl methyl sites for hydroxylation is 1. The van der Waals surface area contributed by atoms with E-state index in [1.807, 2.05) is 26.8 Å². The highest BCUT2D eigenvalue weighted by Gasteiger charge is 2.33. The Balaban J connectivity index is 1.20. The van der Waals surface area contributed by atoms with Crippen LogP contribution in [0.3, 0.4) is 0 Å². The van der Waals surface area contributed by atoms with Crippen LogP contribution < -0.4 is 14.4 Å². The molecular formula is C32H29F4N5O5S. The average molecular weight is 672 g/mol. The number of thioether (sulfide) groups is 1. The third-order valence-corrected chi connectivity index (χ3v) is 7.84. The molecule has 3 aromatic carbocycles. The van der Waals surface area contributed by atoms with Gasteiger partial charge >= 0.3 is 12.5 Å². The number of amidine groups is 1. The van der Waals surface area contributed by atoms with Gasteiger partial charge in [0, 0.05) is 5.56 Å². The zero-order valence-corrected chi connectivity index (χ0v) is 26.2. The topological polar surface area (TPSA) is 108 Å². The number of hydrogen-bond donors (Lipinski definition) is 0. The SMILES string of the molecule is CCC(C)Oc1ccc(C)cc1N1C(=O)CSC1=NC(=O)OCC(F)c1ccc(-c2ncn(-c3ccc(OC(F)(F)F)cc3)n2)cc1. The largest absolute Gasteiger partial charge is 0.573 e. The number of nitrogens with zero attached hydrogens (tertiary/aromatic N) is 5. The zero-order valence-electron chi connectivity index (χ0n) is 25.4. The van der Waals surface area contributed by atoms with Crippen LogP contribution in [0.2, 0.25) is 0 Å². The van der Waals surface area contributed by atoms with Crippen LogP contribution in [0.15, 0.2) is 78.0 Å². The number of ether oxygens (including phenoxy) is 3. The van der Waals surface area contributed by atoms with Gasteiger partial charge in [-0.2, -0.15) is 4.99 Å². The van der Waals surface area contributed by atoms with E-state index >= 15 is 4.39 Å². The van der Waals surface area contributed by atoms with Gasteiger partial charge in [-0.1, -0.05) is 49.0 Å². The summed E-state index contributed by atoms with van der Waals surface area (Å²) in [5, 5.41) is 4.43. The molecule has 2 heterocycles. The smallest absolute Gasteiger partial charge is 0.489 e. The monoisotopic (exact) mass is 671 g/mol. The quantitative estimate of drug-likeness (QED) is 0.159. The maximum atomic E-state index is 15.0. The van der Waals surface area contributed by atoms with Crippen LogP contribution in [-0.2, 0) is 9.53 Å². The van der Waals surface area contributed by atoms with Crippen molar-refractivity contribution in [1.29, 1.82) is 0 Å². The fraction of sp³-hybridized carbons (Fsp3) is 0.281. The van der Waals surface area contributed by atoms with Gasteiger partial charge in [0.25, 0.3) is 0 Å². The molecule has 0 spiro atoms. The second kappa shape index (κ2) is 14.2. The summed E-state index contributed by atoms with van der Waals surface area (Å²) in [5.74, 6) is 0.192. The lowest BCUT2D eigenvalue weighted by Crippen LogP contribution is -2.31. The standard InChI is InChI=1S/C32H29F4N5O5S/c1-4-20(3)45-27-14-5-19(2)15-26(27)41-28(42)17-47-30(41)38-31(43)44-16-25(33)21-6-8-22(9-7-21)29-37-18-40(39-29)23-10-12-24(13-11-23)46-32(34,35)36/h5-15,18,20,25H,4,16-17H2,1-3H3. The molecular weight excluding hydrogens is 642 g/mol. The molecule has 2 unspecified atom stereocenters. The van der Waals surface area contributed by atoms with E-state index in [1.54, 1.807) is 24.3 Å². The third-order valence-electron chi connectivity index (χ3n) is 6.92. The molecule has 0 radical (unpaired) electrons. The Bertz CT molecular complexity index is 1760.